The summed E-state index contributed by atoms with van der Waals surface area (Å²) < 4.78 is 24.8. The lowest BCUT2D eigenvalue weighted by Gasteiger charge is -2.10. The molecule has 148 valence electrons. The molecule has 0 bridgehead atoms. The van der Waals surface area contributed by atoms with Crippen LogP contribution in [0.25, 0.3) is 11.3 Å². The van der Waals surface area contributed by atoms with Crippen molar-refractivity contribution in [2.24, 2.45) is 5.92 Å². The van der Waals surface area contributed by atoms with E-state index in [2.05, 4.69) is 27.0 Å². The number of carbonyl (C=O) groups is 1. The zero-order valence-electron chi connectivity index (χ0n) is 15.5. The van der Waals surface area contributed by atoms with Crippen molar-refractivity contribution in [3.63, 3.8) is 0 Å². The molecule has 0 N–H and O–H groups in total. The molecule has 0 aliphatic carbocycles. The van der Waals surface area contributed by atoms with Crippen LogP contribution in [0.3, 0.4) is 0 Å². The highest BCUT2D eigenvalue weighted by atomic mass is 79.9. The number of benzene rings is 2. The Morgan fingerprint density at radius 2 is 2.00 bits per heavy atom. The molecule has 0 aliphatic heterocycles. The minimum atomic E-state index is -0.492. The molecule has 1 atom stereocenters. The third-order valence-electron chi connectivity index (χ3n) is 4.26. The van der Waals surface area contributed by atoms with Crippen molar-refractivity contribution in [1.82, 2.24) is 4.98 Å². The van der Waals surface area contributed by atoms with E-state index in [1.807, 2.05) is 24.3 Å². The molecule has 7 heteroatoms. The van der Waals surface area contributed by atoms with Gasteiger partial charge >= 0.3 is 5.97 Å². The number of rotatable bonds is 8. The quantitative estimate of drug-likeness (QED) is 0.440. The number of nitriles is 1. The largest absolute Gasteiger partial charge is 0.464 e. The zero-order chi connectivity index (χ0) is 20.6. The van der Waals surface area contributed by atoms with Crippen LogP contribution in [0.5, 0.6) is 0 Å². The summed E-state index contributed by atoms with van der Waals surface area (Å²) in [6.07, 6.45) is 2.41. The van der Waals surface area contributed by atoms with Crippen molar-refractivity contribution in [2.75, 3.05) is 6.61 Å². The van der Waals surface area contributed by atoms with Crippen LogP contribution in [0.4, 0.5) is 4.39 Å². The lowest BCUT2D eigenvalue weighted by atomic mass is 10.0. The standard InChI is InChI=1S/C22H18BrFN2O3/c23-19-4-2-1-3-18(19)20-13-26-21(29-20)9-10-22(27)28-14-16(12-25)11-15-5-7-17(24)8-6-15/h1-8,13,16H,9-11,14H2. The minimum Gasteiger partial charge on any atom is -0.464 e. The summed E-state index contributed by atoms with van der Waals surface area (Å²) >= 11 is 3.47. The van der Waals surface area contributed by atoms with E-state index in [0.29, 0.717) is 24.5 Å². The Morgan fingerprint density at radius 1 is 1.24 bits per heavy atom. The SMILES string of the molecule is N#CC(COC(=O)CCc1ncc(-c2ccccc2Br)o1)Cc1ccc(F)cc1. The van der Waals surface area contributed by atoms with Gasteiger partial charge in [0, 0.05) is 16.5 Å². The third-order valence-corrected chi connectivity index (χ3v) is 4.95. The molecule has 1 unspecified atom stereocenters. The first kappa shape index (κ1) is 20.7. The van der Waals surface area contributed by atoms with Gasteiger partial charge in [0.2, 0.25) is 0 Å². The molecule has 3 aromatic rings. The Kier molecular flexibility index (Phi) is 7.14. The molecule has 0 amide bonds. The highest BCUT2D eigenvalue weighted by molar-refractivity contribution is 9.10. The lowest BCUT2D eigenvalue weighted by molar-refractivity contribution is -0.144. The van der Waals surface area contributed by atoms with E-state index in [-0.39, 0.29) is 18.8 Å². The molecule has 0 spiro atoms. The Hall–Kier alpha value is -2.98. The van der Waals surface area contributed by atoms with E-state index in [0.717, 1.165) is 15.6 Å². The van der Waals surface area contributed by atoms with Crippen molar-refractivity contribution in [1.29, 1.82) is 5.26 Å². The van der Waals surface area contributed by atoms with E-state index < -0.39 is 11.9 Å². The molecule has 0 radical (unpaired) electrons. The number of carbonyl (C=O) groups excluding carboxylic acids is 1. The molecule has 5 nitrogen and oxygen atoms in total. The van der Waals surface area contributed by atoms with Gasteiger partial charge in [0.15, 0.2) is 11.7 Å². The number of oxazole rings is 1. The van der Waals surface area contributed by atoms with Crippen LogP contribution in [0.15, 0.2) is 63.6 Å². The maximum atomic E-state index is 13.0. The molecule has 2 aromatic carbocycles. The molecule has 0 saturated heterocycles. The van der Waals surface area contributed by atoms with Gasteiger partial charge in [-0.2, -0.15) is 5.26 Å². The monoisotopic (exact) mass is 456 g/mol. The van der Waals surface area contributed by atoms with Gasteiger partial charge in [0.25, 0.3) is 0 Å². The van der Waals surface area contributed by atoms with Crippen LogP contribution in [-0.2, 0) is 22.4 Å². The fraction of sp³-hybridized carbons (Fsp3) is 0.227. The second-order valence-electron chi connectivity index (χ2n) is 6.44. The summed E-state index contributed by atoms with van der Waals surface area (Å²) in [5, 5.41) is 9.25. The fourth-order valence-corrected chi connectivity index (χ4v) is 3.21. The Bertz CT molecular complexity index is 1010. The average Bonchev–Trinajstić information content (AvgIpc) is 3.20. The van der Waals surface area contributed by atoms with Gasteiger partial charge < -0.3 is 9.15 Å². The van der Waals surface area contributed by atoms with Gasteiger partial charge in [-0.1, -0.05) is 46.3 Å². The smallest absolute Gasteiger partial charge is 0.306 e. The number of nitrogens with zero attached hydrogens (tertiary/aromatic N) is 2. The van der Waals surface area contributed by atoms with Crippen LogP contribution >= 0.6 is 15.9 Å². The number of hydrogen-bond donors (Lipinski definition) is 0. The highest BCUT2D eigenvalue weighted by Gasteiger charge is 2.14. The van der Waals surface area contributed by atoms with E-state index in [1.54, 1.807) is 18.3 Å². The number of esters is 1. The Balaban J connectivity index is 1.47. The van der Waals surface area contributed by atoms with Crippen molar-refractivity contribution in [3.05, 3.63) is 76.5 Å². The molecule has 0 fully saturated rings. The van der Waals surface area contributed by atoms with Crippen LogP contribution in [-0.4, -0.2) is 17.6 Å². The summed E-state index contributed by atoms with van der Waals surface area (Å²) in [5.74, 6) is -0.193. The predicted molar refractivity (Wildman–Crippen MR) is 108 cm³/mol. The summed E-state index contributed by atoms with van der Waals surface area (Å²) in [4.78, 5) is 16.2. The van der Waals surface area contributed by atoms with Crippen molar-refractivity contribution in [3.8, 4) is 17.4 Å². The molecular formula is C22H18BrFN2O3. The van der Waals surface area contributed by atoms with Crippen molar-refractivity contribution in [2.45, 2.75) is 19.3 Å². The number of ether oxygens (including phenoxy) is 1. The Morgan fingerprint density at radius 3 is 2.72 bits per heavy atom. The summed E-state index contributed by atoms with van der Waals surface area (Å²) in [6, 6.07) is 15.7. The fourth-order valence-electron chi connectivity index (χ4n) is 2.73. The summed E-state index contributed by atoms with van der Waals surface area (Å²) in [7, 11) is 0. The van der Waals surface area contributed by atoms with Gasteiger partial charge in [-0.05, 0) is 30.2 Å². The van der Waals surface area contributed by atoms with Crippen molar-refractivity contribution < 1.29 is 18.3 Å². The van der Waals surface area contributed by atoms with Gasteiger partial charge in [0.1, 0.15) is 12.4 Å². The molecular weight excluding hydrogens is 439 g/mol. The summed E-state index contributed by atoms with van der Waals surface area (Å²) in [6.45, 7) is -0.0134. The van der Waals surface area contributed by atoms with E-state index >= 15 is 0 Å². The molecule has 3 rings (SSSR count). The third kappa shape index (κ3) is 6.00. The van der Waals surface area contributed by atoms with Gasteiger partial charge in [-0.15, -0.1) is 0 Å². The number of aromatic nitrogens is 1. The summed E-state index contributed by atoms with van der Waals surface area (Å²) in [5.41, 5.74) is 1.69. The van der Waals surface area contributed by atoms with Gasteiger partial charge in [0.05, 0.1) is 24.6 Å². The number of hydrogen-bond acceptors (Lipinski definition) is 5. The second kappa shape index (κ2) is 9.99. The van der Waals surface area contributed by atoms with Gasteiger partial charge in [-0.3, -0.25) is 4.79 Å². The van der Waals surface area contributed by atoms with E-state index in [4.69, 9.17) is 9.15 Å². The first-order valence-corrected chi connectivity index (χ1v) is 9.83. The Labute approximate surface area is 176 Å². The average molecular weight is 457 g/mol. The van der Waals surface area contributed by atoms with Crippen molar-refractivity contribution >= 4 is 21.9 Å². The molecule has 0 aliphatic rings. The van der Waals surface area contributed by atoms with Crippen LogP contribution in [0, 0.1) is 23.1 Å². The predicted octanol–water partition coefficient (Wildman–Crippen LogP) is 5.10. The number of aryl methyl sites for hydroxylation is 1. The minimum absolute atomic E-state index is 0.0134. The zero-order valence-corrected chi connectivity index (χ0v) is 17.1. The molecule has 1 heterocycles. The maximum Gasteiger partial charge on any atom is 0.306 e. The second-order valence-corrected chi connectivity index (χ2v) is 7.29. The van der Waals surface area contributed by atoms with Crippen LogP contribution in [0.1, 0.15) is 17.9 Å². The lowest BCUT2D eigenvalue weighted by Crippen LogP contribution is -2.15. The highest BCUT2D eigenvalue weighted by Crippen LogP contribution is 2.28. The molecule has 0 saturated carbocycles. The first-order valence-electron chi connectivity index (χ1n) is 9.04. The molecule has 29 heavy (non-hydrogen) atoms. The normalized spacial score (nSPS) is 11.6. The van der Waals surface area contributed by atoms with E-state index in [9.17, 15) is 14.4 Å². The topological polar surface area (TPSA) is 76.1 Å². The molecule has 1 aromatic heterocycles. The van der Waals surface area contributed by atoms with Crippen LogP contribution < -0.4 is 0 Å². The maximum absolute atomic E-state index is 13.0. The van der Waals surface area contributed by atoms with Gasteiger partial charge in [-0.25, -0.2) is 9.37 Å². The van der Waals surface area contributed by atoms with Crippen LogP contribution in [0.2, 0.25) is 0 Å². The van der Waals surface area contributed by atoms with E-state index in [1.165, 1.54) is 12.1 Å². The number of halogens is 2. The first-order chi connectivity index (χ1) is 14.0.